The van der Waals surface area contributed by atoms with Crippen LogP contribution in [0.4, 0.5) is 5.00 Å². The Balaban J connectivity index is 1.76. The number of carbonyl (C=O) groups excluding carboxylic acids is 1. The van der Waals surface area contributed by atoms with Crippen molar-refractivity contribution in [2.24, 2.45) is 0 Å². The predicted molar refractivity (Wildman–Crippen MR) is 107 cm³/mol. The number of thiazole rings is 1. The Morgan fingerprint density at radius 1 is 1.24 bits per heavy atom. The van der Waals surface area contributed by atoms with Crippen molar-refractivity contribution < 1.29 is 14.7 Å². The SMILES string of the molecule is N#Cc1ccc2c(c1)c(C(=O)Nc1scnc1C(=O)O)cn2Cc1ccccn1. The van der Waals surface area contributed by atoms with Gasteiger partial charge in [-0.25, -0.2) is 9.78 Å². The molecule has 3 aromatic heterocycles. The average molecular weight is 403 g/mol. The van der Waals surface area contributed by atoms with Crippen molar-refractivity contribution in [2.45, 2.75) is 6.54 Å². The van der Waals surface area contributed by atoms with E-state index in [1.165, 1.54) is 5.51 Å². The highest BCUT2D eigenvalue weighted by Gasteiger charge is 2.20. The maximum atomic E-state index is 12.9. The molecule has 0 bridgehead atoms. The smallest absolute Gasteiger partial charge is 0.357 e. The number of aromatic nitrogens is 3. The van der Waals surface area contributed by atoms with Gasteiger partial charge in [0.1, 0.15) is 5.00 Å². The maximum absolute atomic E-state index is 12.9. The molecule has 0 atom stereocenters. The van der Waals surface area contributed by atoms with E-state index in [1.54, 1.807) is 30.6 Å². The topological polar surface area (TPSA) is 121 Å². The lowest BCUT2D eigenvalue weighted by Crippen LogP contribution is -2.13. The fourth-order valence-corrected chi connectivity index (χ4v) is 3.67. The lowest BCUT2D eigenvalue weighted by molar-refractivity contribution is 0.0692. The summed E-state index contributed by atoms with van der Waals surface area (Å²) in [6.45, 7) is 0.442. The number of carboxylic acids is 1. The van der Waals surface area contributed by atoms with Crippen LogP contribution >= 0.6 is 11.3 Å². The molecule has 142 valence electrons. The van der Waals surface area contributed by atoms with Gasteiger partial charge < -0.3 is 15.0 Å². The van der Waals surface area contributed by atoms with E-state index in [4.69, 9.17) is 0 Å². The van der Waals surface area contributed by atoms with Crippen molar-refractivity contribution in [3.8, 4) is 6.07 Å². The molecule has 1 amide bonds. The molecule has 0 fully saturated rings. The molecule has 0 unspecified atom stereocenters. The van der Waals surface area contributed by atoms with Gasteiger partial charge in [0.25, 0.3) is 5.91 Å². The van der Waals surface area contributed by atoms with E-state index in [9.17, 15) is 20.0 Å². The first-order chi connectivity index (χ1) is 14.1. The van der Waals surface area contributed by atoms with Gasteiger partial charge in [0.15, 0.2) is 5.69 Å². The Labute approximate surface area is 168 Å². The second-order valence-corrected chi connectivity index (χ2v) is 6.98. The maximum Gasteiger partial charge on any atom is 0.357 e. The van der Waals surface area contributed by atoms with Crippen LogP contribution in [-0.2, 0) is 6.54 Å². The van der Waals surface area contributed by atoms with E-state index in [2.05, 4.69) is 21.4 Å². The fourth-order valence-electron chi connectivity index (χ4n) is 3.00. The van der Waals surface area contributed by atoms with Crippen molar-refractivity contribution in [3.63, 3.8) is 0 Å². The lowest BCUT2D eigenvalue weighted by Gasteiger charge is -2.04. The number of nitrogens with zero attached hydrogens (tertiary/aromatic N) is 4. The Morgan fingerprint density at radius 3 is 2.83 bits per heavy atom. The minimum Gasteiger partial charge on any atom is -0.476 e. The van der Waals surface area contributed by atoms with E-state index in [0.717, 1.165) is 22.5 Å². The van der Waals surface area contributed by atoms with Gasteiger partial charge in [0, 0.05) is 23.3 Å². The van der Waals surface area contributed by atoms with Crippen LogP contribution in [0.5, 0.6) is 0 Å². The van der Waals surface area contributed by atoms with Crippen molar-refractivity contribution in [2.75, 3.05) is 5.32 Å². The van der Waals surface area contributed by atoms with Crippen molar-refractivity contribution >= 4 is 39.1 Å². The van der Waals surface area contributed by atoms with Crippen LogP contribution < -0.4 is 5.32 Å². The van der Waals surface area contributed by atoms with Gasteiger partial charge in [-0.3, -0.25) is 9.78 Å². The van der Waals surface area contributed by atoms with Gasteiger partial charge in [-0.1, -0.05) is 6.07 Å². The molecule has 4 aromatic rings. The summed E-state index contributed by atoms with van der Waals surface area (Å²) in [6.07, 6.45) is 3.37. The van der Waals surface area contributed by atoms with Gasteiger partial charge in [0.2, 0.25) is 0 Å². The number of aromatic carboxylic acids is 1. The third-order valence-electron chi connectivity index (χ3n) is 4.31. The normalized spacial score (nSPS) is 10.6. The predicted octanol–water partition coefficient (Wildman–Crippen LogP) is 3.36. The number of pyridine rings is 1. The minimum absolute atomic E-state index is 0.157. The Morgan fingerprint density at radius 2 is 2.10 bits per heavy atom. The zero-order valence-corrected chi connectivity index (χ0v) is 15.7. The number of amides is 1. The van der Waals surface area contributed by atoms with Gasteiger partial charge in [0.05, 0.1) is 34.9 Å². The molecule has 3 heterocycles. The highest BCUT2D eigenvalue weighted by molar-refractivity contribution is 7.14. The summed E-state index contributed by atoms with van der Waals surface area (Å²) in [5.74, 6) is -1.69. The molecule has 0 aliphatic heterocycles. The van der Waals surface area contributed by atoms with E-state index >= 15 is 0 Å². The number of fused-ring (bicyclic) bond motifs is 1. The largest absolute Gasteiger partial charge is 0.476 e. The van der Waals surface area contributed by atoms with Crippen LogP contribution in [0.3, 0.4) is 0 Å². The van der Waals surface area contributed by atoms with E-state index < -0.39 is 11.9 Å². The Kier molecular flexibility index (Phi) is 4.76. The van der Waals surface area contributed by atoms with E-state index in [0.29, 0.717) is 23.1 Å². The van der Waals surface area contributed by atoms with Crippen molar-refractivity contribution in [1.29, 1.82) is 5.26 Å². The third kappa shape index (κ3) is 3.56. The number of hydrogen-bond acceptors (Lipinski definition) is 6. The molecule has 29 heavy (non-hydrogen) atoms. The summed E-state index contributed by atoms with van der Waals surface area (Å²) in [6, 6.07) is 12.8. The number of carbonyl (C=O) groups is 2. The monoisotopic (exact) mass is 403 g/mol. The summed E-state index contributed by atoms with van der Waals surface area (Å²) in [5, 5.41) is 21.8. The van der Waals surface area contributed by atoms with Crippen molar-refractivity contribution in [3.05, 3.63) is 76.8 Å². The molecule has 0 radical (unpaired) electrons. The number of carboxylic acid groups (broad SMARTS) is 1. The molecule has 0 aliphatic rings. The zero-order chi connectivity index (χ0) is 20.4. The summed E-state index contributed by atoms with van der Waals surface area (Å²) in [4.78, 5) is 32.3. The number of nitriles is 1. The highest BCUT2D eigenvalue weighted by atomic mass is 32.1. The molecule has 0 aliphatic carbocycles. The summed E-state index contributed by atoms with van der Waals surface area (Å²) in [5.41, 5.74) is 3.48. The van der Waals surface area contributed by atoms with Crippen LogP contribution in [0.2, 0.25) is 0 Å². The summed E-state index contributed by atoms with van der Waals surface area (Å²) < 4.78 is 1.87. The molecular formula is C20H13N5O3S. The molecule has 0 saturated carbocycles. The molecule has 0 spiro atoms. The first kappa shape index (κ1) is 18.3. The van der Waals surface area contributed by atoms with Gasteiger partial charge in [-0.2, -0.15) is 5.26 Å². The van der Waals surface area contributed by atoms with Crippen LogP contribution in [0.25, 0.3) is 10.9 Å². The Hall–Kier alpha value is -4.03. The van der Waals surface area contributed by atoms with E-state index in [-0.39, 0.29) is 10.7 Å². The number of hydrogen-bond donors (Lipinski definition) is 2. The first-order valence-electron chi connectivity index (χ1n) is 8.48. The lowest BCUT2D eigenvalue weighted by atomic mass is 10.1. The molecule has 4 rings (SSSR count). The summed E-state index contributed by atoms with van der Waals surface area (Å²) >= 11 is 1.03. The Bertz CT molecular complexity index is 1270. The third-order valence-corrected chi connectivity index (χ3v) is 5.05. The number of benzene rings is 1. The van der Waals surface area contributed by atoms with Crippen molar-refractivity contribution in [1.82, 2.24) is 14.5 Å². The standard InChI is InChI=1S/C20H13N5O3S/c21-8-12-4-5-16-14(7-12)15(10-25(16)9-13-3-1-2-6-22-13)18(26)24-19-17(20(27)28)23-11-29-19/h1-7,10-11H,9H2,(H,24,26)(H,27,28). The van der Waals surface area contributed by atoms with Gasteiger partial charge in [-0.15, -0.1) is 11.3 Å². The highest BCUT2D eigenvalue weighted by Crippen LogP contribution is 2.26. The molecule has 0 saturated heterocycles. The molecule has 2 N–H and O–H groups in total. The first-order valence-corrected chi connectivity index (χ1v) is 9.36. The average Bonchev–Trinajstić information content (AvgIpc) is 3.33. The number of rotatable bonds is 5. The molecular weight excluding hydrogens is 390 g/mol. The zero-order valence-electron chi connectivity index (χ0n) is 14.9. The van der Waals surface area contributed by atoms with Crippen LogP contribution in [0.1, 0.15) is 32.1 Å². The van der Waals surface area contributed by atoms with E-state index in [1.807, 2.05) is 22.8 Å². The van der Waals surface area contributed by atoms with Crippen LogP contribution in [0, 0.1) is 11.3 Å². The quantitative estimate of drug-likeness (QED) is 0.527. The van der Waals surface area contributed by atoms with Gasteiger partial charge in [-0.05, 0) is 30.3 Å². The molecule has 1 aromatic carbocycles. The summed E-state index contributed by atoms with van der Waals surface area (Å²) in [7, 11) is 0. The second kappa shape index (κ2) is 7.53. The number of nitrogens with one attached hydrogen (secondary N) is 1. The fraction of sp³-hybridized carbons (Fsp3) is 0.0500. The molecule has 9 heteroatoms. The van der Waals surface area contributed by atoms with Crippen LogP contribution in [0.15, 0.2) is 54.3 Å². The second-order valence-electron chi connectivity index (χ2n) is 6.12. The molecule has 8 nitrogen and oxygen atoms in total. The number of anilines is 1. The van der Waals surface area contributed by atoms with Gasteiger partial charge >= 0.3 is 5.97 Å². The van der Waals surface area contributed by atoms with Crippen LogP contribution in [-0.4, -0.2) is 31.5 Å². The minimum atomic E-state index is -1.22.